The Morgan fingerprint density at radius 3 is 2.43 bits per heavy atom. The highest BCUT2D eigenvalue weighted by atomic mass is 19.1. The second-order valence-corrected chi connectivity index (χ2v) is 4.97. The number of nitro groups is 1. The number of carbonyl (C=O) groups is 2. The van der Waals surface area contributed by atoms with Gasteiger partial charge in [0.15, 0.2) is 0 Å². The first kappa shape index (κ1) is 16.5. The average Bonchev–Trinajstić information content (AvgIpc) is 2.37. The topological polar surface area (TPSA) is 115 Å². The zero-order chi connectivity index (χ0) is 16.4. The second-order valence-electron chi connectivity index (χ2n) is 4.97. The van der Waals surface area contributed by atoms with Gasteiger partial charge in [0.1, 0.15) is 5.82 Å². The molecule has 0 aliphatic carbocycles. The number of carbonyl (C=O) groups excluding carboxylic acids is 2. The van der Waals surface area contributed by atoms with Crippen LogP contribution in [0.2, 0.25) is 0 Å². The molecule has 0 fully saturated rings. The van der Waals surface area contributed by atoms with Gasteiger partial charge in [-0.3, -0.25) is 19.7 Å². The van der Waals surface area contributed by atoms with E-state index in [-0.39, 0.29) is 6.54 Å². The van der Waals surface area contributed by atoms with Gasteiger partial charge in [0.05, 0.1) is 22.0 Å². The lowest BCUT2D eigenvalue weighted by atomic mass is 9.92. The van der Waals surface area contributed by atoms with Gasteiger partial charge < -0.3 is 11.1 Å². The first-order valence-corrected chi connectivity index (χ1v) is 5.78. The van der Waals surface area contributed by atoms with Gasteiger partial charge in [0.25, 0.3) is 5.91 Å². The van der Waals surface area contributed by atoms with E-state index in [1.54, 1.807) is 0 Å². The van der Waals surface area contributed by atoms with Crippen LogP contribution in [-0.4, -0.2) is 23.3 Å². The molecule has 114 valence electrons. The van der Waals surface area contributed by atoms with Crippen LogP contribution in [-0.2, 0) is 4.79 Å². The number of hydrogen-bond acceptors (Lipinski definition) is 4. The summed E-state index contributed by atoms with van der Waals surface area (Å²) in [6.45, 7) is 2.66. The number of nitrogens with zero attached hydrogens (tertiary/aromatic N) is 1. The van der Waals surface area contributed by atoms with Crippen molar-refractivity contribution in [2.45, 2.75) is 13.8 Å². The van der Waals surface area contributed by atoms with Crippen molar-refractivity contribution >= 4 is 17.5 Å². The van der Waals surface area contributed by atoms with Gasteiger partial charge >= 0.3 is 5.69 Å². The third-order valence-corrected chi connectivity index (χ3v) is 2.82. The number of nitrogens with two attached hydrogens (primary N) is 1. The van der Waals surface area contributed by atoms with E-state index >= 15 is 0 Å². The molecule has 0 aliphatic rings. The van der Waals surface area contributed by atoms with Gasteiger partial charge in [-0.05, 0) is 19.9 Å². The van der Waals surface area contributed by atoms with Crippen LogP contribution in [0.1, 0.15) is 24.2 Å². The summed E-state index contributed by atoms with van der Waals surface area (Å²) in [6.07, 6.45) is 0. The number of halogens is 2. The smallest absolute Gasteiger partial charge is 0.308 e. The quantitative estimate of drug-likeness (QED) is 0.626. The summed E-state index contributed by atoms with van der Waals surface area (Å²) in [5.74, 6) is -4.35. The largest absolute Gasteiger partial charge is 0.369 e. The van der Waals surface area contributed by atoms with Crippen LogP contribution in [0.4, 0.5) is 14.5 Å². The number of primary amides is 1. The van der Waals surface area contributed by atoms with E-state index in [0.717, 1.165) is 0 Å². The lowest BCUT2D eigenvalue weighted by Gasteiger charge is -2.20. The maximum Gasteiger partial charge on any atom is 0.308 e. The Morgan fingerprint density at radius 2 is 1.95 bits per heavy atom. The summed E-state index contributed by atoms with van der Waals surface area (Å²) < 4.78 is 27.0. The molecule has 0 atom stereocenters. The van der Waals surface area contributed by atoms with E-state index in [1.807, 2.05) is 0 Å². The Bertz CT molecular complexity index is 617. The van der Waals surface area contributed by atoms with Gasteiger partial charge in [-0.25, -0.2) is 4.39 Å². The molecule has 2 amide bonds. The summed E-state index contributed by atoms with van der Waals surface area (Å²) in [5, 5.41) is 12.7. The fourth-order valence-electron chi connectivity index (χ4n) is 1.36. The predicted octanol–water partition coefficient (Wildman–Crippen LogP) is 1.11. The second kappa shape index (κ2) is 5.81. The number of rotatable bonds is 5. The Labute approximate surface area is 118 Å². The fourth-order valence-corrected chi connectivity index (χ4v) is 1.36. The molecule has 0 bridgehead atoms. The van der Waals surface area contributed by atoms with Gasteiger partial charge in [-0.2, -0.15) is 4.39 Å². The van der Waals surface area contributed by atoms with Crippen molar-refractivity contribution < 1.29 is 23.3 Å². The third kappa shape index (κ3) is 3.71. The Kier molecular flexibility index (Phi) is 4.56. The van der Waals surface area contributed by atoms with Crippen LogP contribution < -0.4 is 11.1 Å². The van der Waals surface area contributed by atoms with Crippen LogP contribution in [0, 0.1) is 27.2 Å². The minimum Gasteiger partial charge on any atom is -0.369 e. The Hall–Kier alpha value is -2.58. The number of hydrogen-bond donors (Lipinski definition) is 2. The molecular formula is C12H13F2N3O4. The van der Waals surface area contributed by atoms with E-state index in [1.165, 1.54) is 13.8 Å². The molecule has 21 heavy (non-hydrogen) atoms. The molecule has 0 unspecified atom stereocenters. The molecule has 0 saturated heterocycles. The maximum atomic E-state index is 13.8. The zero-order valence-corrected chi connectivity index (χ0v) is 11.3. The van der Waals surface area contributed by atoms with Crippen LogP contribution in [0.5, 0.6) is 0 Å². The van der Waals surface area contributed by atoms with Crippen LogP contribution in [0.25, 0.3) is 0 Å². The van der Waals surface area contributed by atoms with Crippen molar-refractivity contribution in [3.8, 4) is 0 Å². The van der Waals surface area contributed by atoms with Gasteiger partial charge in [0, 0.05) is 6.54 Å². The minimum atomic E-state index is -1.45. The lowest BCUT2D eigenvalue weighted by molar-refractivity contribution is -0.387. The normalized spacial score (nSPS) is 11.0. The Morgan fingerprint density at radius 1 is 1.38 bits per heavy atom. The van der Waals surface area contributed by atoms with Crippen molar-refractivity contribution in [2.24, 2.45) is 11.1 Å². The van der Waals surface area contributed by atoms with Gasteiger partial charge in [-0.15, -0.1) is 0 Å². The number of benzene rings is 1. The maximum absolute atomic E-state index is 13.8. The average molecular weight is 301 g/mol. The molecule has 7 nitrogen and oxygen atoms in total. The molecular weight excluding hydrogens is 288 g/mol. The van der Waals surface area contributed by atoms with Crippen LogP contribution >= 0.6 is 0 Å². The molecule has 9 heteroatoms. The highest BCUT2D eigenvalue weighted by Gasteiger charge is 2.28. The number of nitrogens with one attached hydrogen (secondary N) is 1. The van der Waals surface area contributed by atoms with Crippen molar-refractivity contribution in [1.29, 1.82) is 0 Å². The molecule has 1 aromatic carbocycles. The minimum absolute atomic E-state index is 0.231. The molecule has 1 aromatic rings. The standard InChI is InChI=1S/C12H13F2N3O4/c1-12(2,11(15)19)5-16-10(18)7-3-6(13)4-8(9(7)14)17(20)21/h3-4H,5H2,1-2H3,(H2,15,19)(H,16,18). The molecule has 0 saturated carbocycles. The zero-order valence-electron chi connectivity index (χ0n) is 11.3. The summed E-state index contributed by atoms with van der Waals surface area (Å²) in [4.78, 5) is 32.3. The third-order valence-electron chi connectivity index (χ3n) is 2.82. The Balaban J connectivity index is 3.04. The van der Waals surface area contributed by atoms with E-state index in [2.05, 4.69) is 5.32 Å². The van der Waals surface area contributed by atoms with Gasteiger partial charge in [-0.1, -0.05) is 0 Å². The summed E-state index contributed by atoms with van der Waals surface area (Å²) >= 11 is 0. The summed E-state index contributed by atoms with van der Waals surface area (Å²) in [5.41, 5.74) is 2.03. The highest BCUT2D eigenvalue weighted by Crippen LogP contribution is 2.22. The molecule has 1 rings (SSSR count). The molecule has 0 aliphatic heterocycles. The molecule has 3 N–H and O–H groups in total. The van der Waals surface area contributed by atoms with Crippen molar-refractivity contribution in [3.63, 3.8) is 0 Å². The van der Waals surface area contributed by atoms with E-state index in [4.69, 9.17) is 5.73 Å². The first-order valence-electron chi connectivity index (χ1n) is 5.78. The van der Waals surface area contributed by atoms with E-state index in [0.29, 0.717) is 12.1 Å². The van der Waals surface area contributed by atoms with Crippen molar-refractivity contribution in [3.05, 3.63) is 39.4 Å². The van der Waals surface area contributed by atoms with E-state index < -0.39 is 45.0 Å². The van der Waals surface area contributed by atoms with Crippen molar-refractivity contribution in [2.75, 3.05) is 6.54 Å². The predicted molar refractivity (Wildman–Crippen MR) is 68.3 cm³/mol. The lowest BCUT2D eigenvalue weighted by Crippen LogP contribution is -2.42. The molecule has 0 spiro atoms. The van der Waals surface area contributed by atoms with Crippen LogP contribution in [0.3, 0.4) is 0 Å². The van der Waals surface area contributed by atoms with Crippen molar-refractivity contribution in [1.82, 2.24) is 5.32 Å². The van der Waals surface area contributed by atoms with Crippen LogP contribution in [0.15, 0.2) is 12.1 Å². The summed E-state index contributed by atoms with van der Waals surface area (Å²) in [7, 11) is 0. The first-order chi connectivity index (χ1) is 9.56. The number of nitro benzene ring substituents is 1. The van der Waals surface area contributed by atoms with Gasteiger partial charge in [0.2, 0.25) is 11.7 Å². The monoisotopic (exact) mass is 301 g/mol. The summed E-state index contributed by atoms with van der Waals surface area (Å²) in [6, 6.07) is 0.911. The fraction of sp³-hybridized carbons (Fsp3) is 0.333. The highest BCUT2D eigenvalue weighted by molar-refractivity contribution is 5.95. The molecule has 0 heterocycles. The molecule has 0 aromatic heterocycles. The SMILES string of the molecule is CC(C)(CNC(=O)c1cc(F)cc([N+](=O)[O-])c1F)C(N)=O. The molecule has 0 radical (unpaired) electrons. The van der Waals surface area contributed by atoms with E-state index in [9.17, 15) is 28.5 Å². The number of amides is 2.